The molecule has 1 N–H and O–H groups in total. The Kier molecular flexibility index (Phi) is 4.77. The molecule has 0 saturated heterocycles. The topological polar surface area (TPSA) is 28.4 Å². The molecule has 0 fully saturated rings. The van der Waals surface area contributed by atoms with E-state index in [2.05, 4.69) is 35.9 Å². The van der Waals surface area contributed by atoms with Gasteiger partial charge in [-0.2, -0.15) is 0 Å². The molecule has 3 heteroatoms. The predicted molar refractivity (Wildman–Crippen MR) is 80.1 cm³/mol. The summed E-state index contributed by atoms with van der Waals surface area (Å²) < 4.78 is 6.01. The first kappa shape index (κ1) is 13.8. The number of hydrogen-bond acceptors (Lipinski definition) is 3. The third-order valence-corrected chi connectivity index (χ3v) is 3.34. The number of likely N-dealkylation sites (N-methyl/N-ethyl adjacent to an activating group) is 1. The van der Waals surface area contributed by atoms with Gasteiger partial charge >= 0.3 is 0 Å². The third kappa shape index (κ3) is 3.06. The Balaban J connectivity index is 2.35. The standard InChI is InChI=1S/C16H22N2O/c1-4-10-18(5-2)12-16-14(11-17-3)13-8-6-7-9-15(13)19-16/h4,6-9,17H,1,5,10-12H2,2-3H3. The zero-order valence-corrected chi connectivity index (χ0v) is 11.8. The fourth-order valence-corrected chi connectivity index (χ4v) is 2.34. The third-order valence-electron chi connectivity index (χ3n) is 3.34. The van der Waals surface area contributed by atoms with Crippen molar-refractivity contribution in [2.24, 2.45) is 0 Å². The van der Waals surface area contributed by atoms with Gasteiger partial charge in [-0.15, -0.1) is 6.58 Å². The van der Waals surface area contributed by atoms with Gasteiger partial charge in [0.05, 0.1) is 6.54 Å². The minimum absolute atomic E-state index is 0.828. The van der Waals surface area contributed by atoms with E-state index in [0.29, 0.717) is 0 Å². The van der Waals surface area contributed by atoms with Crippen LogP contribution < -0.4 is 5.32 Å². The zero-order chi connectivity index (χ0) is 13.7. The molecule has 19 heavy (non-hydrogen) atoms. The van der Waals surface area contributed by atoms with Crippen molar-refractivity contribution < 1.29 is 4.42 Å². The summed E-state index contributed by atoms with van der Waals surface area (Å²) in [5.74, 6) is 1.05. The van der Waals surface area contributed by atoms with E-state index in [1.54, 1.807) is 0 Å². The van der Waals surface area contributed by atoms with E-state index in [0.717, 1.165) is 37.5 Å². The molecular formula is C16H22N2O. The average molecular weight is 258 g/mol. The van der Waals surface area contributed by atoms with Crippen molar-refractivity contribution in [1.29, 1.82) is 0 Å². The van der Waals surface area contributed by atoms with Crippen molar-refractivity contribution in [2.75, 3.05) is 20.1 Å². The molecule has 1 aromatic heterocycles. The fourth-order valence-electron chi connectivity index (χ4n) is 2.34. The number of hydrogen-bond donors (Lipinski definition) is 1. The highest BCUT2D eigenvalue weighted by Crippen LogP contribution is 2.26. The van der Waals surface area contributed by atoms with Crippen LogP contribution in [-0.4, -0.2) is 25.0 Å². The summed E-state index contributed by atoms with van der Waals surface area (Å²) in [7, 11) is 1.97. The van der Waals surface area contributed by atoms with Crippen molar-refractivity contribution in [3.63, 3.8) is 0 Å². The summed E-state index contributed by atoms with van der Waals surface area (Å²) in [6.45, 7) is 9.49. The van der Waals surface area contributed by atoms with Gasteiger partial charge in [-0.25, -0.2) is 0 Å². The summed E-state index contributed by atoms with van der Waals surface area (Å²) in [6, 6.07) is 8.22. The number of fused-ring (bicyclic) bond motifs is 1. The number of furan rings is 1. The van der Waals surface area contributed by atoms with Crippen LogP contribution in [0.3, 0.4) is 0 Å². The summed E-state index contributed by atoms with van der Waals surface area (Å²) >= 11 is 0. The van der Waals surface area contributed by atoms with Crippen LogP contribution in [0, 0.1) is 0 Å². The van der Waals surface area contributed by atoms with Crippen LogP contribution in [0.4, 0.5) is 0 Å². The largest absolute Gasteiger partial charge is 0.459 e. The first-order valence-corrected chi connectivity index (χ1v) is 6.77. The van der Waals surface area contributed by atoms with Crippen molar-refractivity contribution in [3.05, 3.63) is 48.2 Å². The lowest BCUT2D eigenvalue weighted by molar-refractivity contribution is 0.283. The maximum Gasteiger partial charge on any atom is 0.134 e. The Morgan fingerprint density at radius 1 is 1.37 bits per heavy atom. The maximum atomic E-state index is 6.01. The molecule has 0 spiro atoms. The van der Waals surface area contributed by atoms with E-state index in [4.69, 9.17) is 4.42 Å². The minimum Gasteiger partial charge on any atom is -0.459 e. The Hall–Kier alpha value is -1.58. The first-order chi connectivity index (χ1) is 9.30. The van der Waals surface area contributed by atoms with Gasteiger partial charge in [0.1, 0.15) is 11.3 Å². The van der Waals surface area contributed by atoms with Gasteiger partial charge in [-0.1, -0.05) is 31.2 Å². The normalized spacial score (nSPS) is 11.3. The van der Waals surface area contributed by atoms with Crippen molar-refractivity contribution in [2.45, 2.75) is 20.0 Å². The number of para-hydroxylation sites is 1. The van der Waals surface area contributed by atoms with Crippen LogP contribution in [0.25, 0.3) is 11.0 Å². The predicted octanol–water partition coefficient (Wildman–Crippen LogP) is 3.16. The Bertz CT molecular complexity index is 545. The second-order valence-electron chi connectivity index (χ2n) is 4.65. The summed E-state index contributed by atoms with van der Waals surface area (Å²) in [4.78, 5) is 2.31. The molecule has 1 heterocycles. The molecule has 1 aromatic carbocycles. The lowest BCUT2D eigenvalue weighted by Crippen LogP contribution is -2.23. The van der Waals surface area contributed by atoms with Gasteiger partial charge < -0.3 is 9.73 Å². The van der Waals surface area contributed by atoms with Gasteiger partial charge in [0.15, 0.2) is 0 Å². The van der Waals surface area contributed by atoms with Crippen LogP contribution in [0.5, 0.6) is 0 Å². The highest BCUT2D eigenvalue weighted by molar-refractivity contribution is 5.82. The molecule has 0 aliphatic rings. The highest BCUT2D eigenvalue weighted by atomic mass is 16.3. The molecule has 0 unspecified atom stereocenters. The number of nitrogens with zero attached hydrogens (tertiary/aromatic N) is 1. The van der Waals surface area contributed by atoms with E-state index >= 15 is 0 Å². The number of benzene rings is 1. The first-order valence-electron chi connectivity index (χ1n) is 6.77. The quantitative estimate of drug-likeness (QED) is 0.773. The van der Waals surface area contributed by atoms with E-state index in [1.807, 2.05) is 25.3 Å². The van der Waals surface area contributed by atoms with Gasteiger partial charge in [-0.3, -0.25) is 4.90 Å². The SMILES string of the molecule is C=CCN(CC)Cc1oc2ccccc2c1CNC. The molecule has 2 rings (SSSR count). The van der Waals surface area contributed by atoms with Crippen molar-refractivity contribution in [3.8, 4) is 0 Å². The zero-order valence-electron chi connectivity index (χ0n) is 11.8. The monoisotopic (exact) mass is 258 g/mol. The molecule has 0 saturated carbocycles. The number of rotatable bonds is 7. The molecule has 0 bridgehead atoms. The Morgan fingerprint density at radius 3 is 2.84 bits per heavy atom. The molecule has 0 atom stereocenters. The number of nitrogens with one attached hydrogen (secondary N) is 1. The molecule has 0 aliphatic heterocycles. The summed E-state index contributed by atoms with van der Waals surface area (Å²) in [6.07, 6.45) is 1.93. The van der Waals surface area contributed by atoms with Crippen molar-refractivity contribution in [1.82, 2.24) is 10.2 Å². The lowest BCUT2D eigenvalue weighted by atomic mass is 10.1. The average Bonchev–Trinajstić information content (AvgIpc) is 2.77. The van der Waals surface area contributed by atoms with E-state index in [-0.39, 0.29) is 0 Å². The van der Waals surface area contributed by atoms with Crippen LogP contribution in [0.1, 0.15) is 18.2 Å². The molecular weight excluding hydrogens is 236 g/mol. The highest BCUT2D eigenvalue weighted by Gasteiger charge is 2.15. The minimum atomic E-state index is 0.828. The summed E-state index contributed by atoms with van der Waals surface area (Å²) in [5, 5.41) is 4.44. The fraction of sp³-hybridized carbons (Fsp3) is 0.375. The maximum absolute atomic E-state index is 6.01. The summed E-state index contributed by atoms with van der Waals surface area (Å²) in [5.41, 5.74) is 2.23. The van der Waals surface area contributed by atoms with Crippen LogP contribution >= 0.6 is 0 Å². The van der Waals surface area contributed by atoms with E-state index in [9.17, 15) is 0 Å². The molecule has 0 amide bonds. The molecule has 0 aliphatic carbocycles. The van der Waals surface area contributed by atoms with Gasteiger partial charge in [0.2, 0.25) is 0 Å². The smallest absolute Gasteiger partial charge is 0.134 e. The van der Waals surface area contributed by atoms with Gasteiger partial charge in [0.25, 0.3) is 0 Å². The van der Waals surface area contributed by atoms with Gasteiger partial charge in [0, 0.05) is 24.0 Å². The molecule has 0 radical (unpaired) electrons. The van der Waals surface area contributed by atoms with Crippen LogP contribution in [0.2, 0.25) is 0 Å². The van der Waals surface area contributed by atoms with Gasteiger partial charge in [-0.05, 0) is 19.7 Å². The van der Waals surface area contributed by atoms with E-state index in [1.165, 1.54) is 10.9 Å². The Morgan fingerprint density at radius 2 is 2.16 bits per heavy atom. The molecule has 2 aromatic rings. The van der Waals surface area contributed by atoms with Crippen LogP contribution in [-0.2, 0) is 13.1 Å². The second-order valence-corrected chi connectivity index (χ2v) is 4.65. The molecule has 102 valence electrons. The second kappa shape index (κ2) is 6.55. The van der Waals surface area contributed by atoms with Crippen LogP contribution in [0.15, 0.2) is 41.3 Å². The lowest BCUT2D eigenvalue weighted by Gasteiger charge is -2.17. The molecule has 3 nitrogen and oxygen atoms in total. The van der Waals surface area contributed by atoms with E-state index < -0.39 is 0 Å². The van der Waals surface area contributed by atoms with Crippen molar-refractivity contribution >= 4 is 11.0 Å². The Labute approximate surface area is 114 Å².